The number of rotatable bonds is 9. The molecule has 5 nitrogen and oxygen atoms in total. The molecule has 4 rings (SSSR count). The Morgan fingerprint density at radius 1 is 1.19 bits per heavy atom. The minimum Gasteiger partial charge on any atom is -0.491 e. The maximum Gasteiger partial charge on any atom is 0.313 e. The summed E-state index contributed by atoms with van der Waals surface area (Å²) in [7, 11) is 0. The Hall–Kier alpha value is -2.18. The van der Waals surface area contributed by atoms with Crippen LogP contribution >= 0.6 is 23.3 Å². The molecule has 1 heterocycles. The van der Waals surface area contributed by atoms with Gasteiger partial charge < -0.3 is 9.47 Å². The van der Waals surface area contributed by atoms with E-state index in [0.717, 1.165) is 27.7 Å². The molecular weight excluding hydrogens is 432 g/mol. The summed E-state index contributed by atoms with van der Waals surface area (Å²) in [6.07, 6.45) is 3.08. The zero-order valence-corrected chi connectivity index (χ0v) is 19.6. The van der Waals surface area contributed by atoms with Crippen molar-refractivity contribution in [3.05, 3.63) is 40.9 Å². The highest BCUT2D eigenvalue weighted by molar-refractivity contribution is 7.00. The fourth-order valence-electron chi connectivity index (χ4n) is 3.69. The molecule has 1 atom stereocenters. The quantitative estimate of drug-likeness (QED) is 0.343. The van der Waals surface area contributed by atoms with Crippen molar-refractivity contribution in [2.24, 2.45) is 11.8 Å². The van der Waals surface area contributed by atoms with Gasteiger partial charge in [0.25, 0.3) is 0 Å². The zero-order chi connectivity index (χ0) is 22.0. The Morgan fingerprint density at radius 2 is 1.97 bits per heavy atom. The van der Waals surface area contributed by atoms with Crippen LogP contribution in [0.5, 0.6) is 5.75 Å². The Labute approximate surface area is 192 Å². The van der Waals surface area contributed by atoms with E-state index in [1.165, 1.54) is 24.6 Å². The normalized spacial score (nSPS) is 14.7. The van der Waals surface area contributed by atoms with E-state index < -0.39 is 0 Å². The van der Waals surface area contributed by atoms with E-state index in [0.29, 0.717) is 42.2 Å². The maximum absolute atomic E-state index is 12.8. The molecule has 0 N–H and O–H groups in total. The Bertz CT molecular complexity index is 1080. The van der Waals surface area contributed by atoms with E-state index >= 15 is 0 Å². The van der Waals surface area contributed by atoms with Crippen molar-refractivity contribution < 1.29 is 14.3 Å². The first kappa shape index (κ1) is 22.0. The first-order valence-electron chi connectivity index (χ1n) is 10.8. The molecule has 3 aromatic rings. The summed E-state index contributed by atoms with van der Waals surface area (Å²) >= 11 is 7.94. The number of hydrogen-bond acceptors (Lipinski definition) is 6. The first-order chi connectivity index (χ1) is 15.0. The van der Waals surface area contributed by atoms with Crippen molar-refractivity contribution in [3.8, 4) is 16.9 Å². The van der Waals surface area contributed by atoms with Gasteiger partial charge in [0.1, 0.15) is 16.8 Å². The number of nitrogens with zero attached hydrogens (tertiary/aromatic N) is 2. The number of fused-ring (bicyclic) bond motifs is 1. The highest BCUT2D eigenvalue weighted by Crippen LogP contribution is 2.42. The number of hydrogen-bond donors (Lipinski definition) is 0. The highest BCUT2D eigenvalue weighted by Gasteiger charge is 2.27. The second-order valence-electron chi connectivity index (χ2n) is 8.54. The number of aromatic nitrogens is 2. The smallest absolute Gasteiger partial charge is 0.313 e. The highest BCUT2D eigenvalue weighted by atomic mass is 35.5. The van der Waals surface area contributed by atoms with Crippen LogP contribution in [0.15, 0.2) is 30.3 Å². The third kappa shape index (κ3) is 5.18. The van der Waals surface area contributed by atoms with E-state index in [1.54, 1.807) is 0 Å². The average molecular weight is 459 g/mol. The second-order valence-corrected chi connectivity index (χ2v) is 9.47. The number of carbonyl (C=O) groups excluding carboxylic acids is 1. The van der Waals surface area contributed by atoms with Gasteiger partial charge in [-0.2, -0.15) is 8.75 Å². The minimum absolute atomic E-state index is 0.219. The lowest BCUT2D eigenvalue weighted by Gasteiger charge is -2.21. The largest absolute Gasteiger partial charge is 0.491 e. The van der Waals surface area contributed by atoms with Gasteiger partial charge in [-0.15, -0.1) is 0 Å². The molecule has 1 fully saturated rings. The summed E-state index contributed by atoms with van der Waals surface area (Å²) in [5.41, 5.74) is 4.36. The molecule has 31 heavy (non-hydrogen) atoms. The van der Waals surface area contributed by atoms with Gasteiger partial charge in [0.05, 0.1) is 35.9 Å². The third-order valence-electron chi connectivity index (χ3n) is 5.47. The molecular formula is C24H27ClN2O3S. The predicted molar refractivity (Wildman–Crippen MR) is 125 cm³/mol. The van der Waals surface area contributed by atoms with Crippen LogP contribution in [0.4, 0.5) is 0 Å². The monoisotopic (exact) mass is 458 g/mol. The van der Waals surface area contributed by atoms with Crippen LogP contribution in [0.2, 0.25) is 5.02 Å². The van der Waals surface area contributed by atoms with Gasteiger partial charge >= 0.3 is 5.97 Å². The van der Waals surface area contributed by atoms with Gasteiger partial charge in [-0.3, -0.25) is 4.79 Å². The molecule has 7 heteroatoms. The summed E-state index contributed by atoms with van der Waals surface area (Å²) in [5.74, 6) is 0.997. The Morgan fingerprint density at radius 3 is 2.68 bits per heavy atom. The number of ether oxygens (including phenoxy) is 2. The topological polar surface area (TPSA) is 61.3 Å². The van der Waals surface area contributed by atoms with Gasteiger partial charge in [-0.05, 0) is 73.4 Å². The van der Waals surface area contributed by atoms with Crippen molar-refractivity contribution in [1.82, 2.24) is 8.75 Å². The molecule has 1 aliphatic rings. The van der Waals surface area contributed by atoms with Crippen molar-refractivity contribution in [2.45, 2.75) is 46.0 Å². The fraction of sp³-hybridized carbons (Fsp3) is 0.458. The number of benzene rings is 2. The zero-order valence-electron chi connectivity index (χ0n) is 18.1. The van der Waals surface area contributed by atoms with Crippen LogP contribution in [0, 0.1) is 11.8 Å². The first-order valence-corrected chi connectivity index (χ1v) is 11.9. The van der Waals surface area contributed by atoms with Crippen molar-refractivity contribution in [1.29, 1.82) is 0 Å². The van der Waals surface area contributed by atoms with Crippen LogP contribution in [0.1, 0.15) is 51.5 Å². The van der Waals surface area contributed by atoms with E-state index in [9.17, 15) is 4.79 Å². The standard InChI is InChI=1S/C24H27ClN2O3S/c1-4-29-24(28)19(9-14(2)3)17-10-18(16-7-8-21-22(12-16)27-31-26-21)23(20(25)11-17)30-13-15-5-6-15/h7-8,10-12,14-15,19H,4-6,9,13H2,1-3H3. The van der Waals surface area contributed by atoms with Crippen LogP contribution < -0.4 is 4.74 Å². The number of carbonyl (C=O) groups is 1. The third-order valence-corrected chi connectivity index (χ3v) is 6.31. The van der Waals surface area contributed by atoms with E-state index in [-0.39, 0.29) is 11.9 Å². The number of esters is 1. The summed E-state index contributed by atoms with van der Waals surface area (Å²) in [6, 6.07) is 9.85. The molecule has 1 aliphatic carbocycles. The van der Waals surface area contributed by atoms with Gasteiger partial charge in [0, 0.05) is 5.56 Å². The molecule has 0 spiro atoms. The van der Waals surface area contributed by atoms with Crippen molar-refractivity contribution in [3.63, 3.8) is 0 Å². The van der Waals surface area contributed by atoms with Crippen LogP contribution in [-0.4, -0.2) is 27.9 Å². The van der Waals surface area contributed by atoms with Gasteiger partial charge in [-0.25, -0.2) is 0 Å². The minimum atomic E-state index is -0.377. The van der Waals surface area contributed by atoms with Crippen LogP contribution in [0.25, 0.3) is 22.2 Å². The lowest BCUT2D eigenvalue weighted by Crippen LogP contribution is -2.18. The van der Waals surface area contributed by atoms with Gasteiger partial charge in [0.2, 0.25) is 0 Å². The van der Waals surface area contributed by atoms with E-state index in [1.807, 2.05) is 37.3 Å². The summed E-state index contributed by atoms with van der Waals surface area (Å²) in [4.78, 5) is 12.8. The summed E-state index contributed by atoms with van der Waals surface area (Å²) < 4.78 is 20.2. The Balaban J connectivity index is 1.80. The molecule has 2 aromatic carbocycles. The van der Waals surface area contributed by atoms with E-state index in [4.69, 9.17) is 21.1 Å². The molecule has 0 amide bonds. The van der Waals surface area contributed by atoms with Crippen molar-refractivity contribution >= 4 is 40.3 Å². The summed E-state index contributed by atoms with van der Waals surface area (Å²) in [6.45, 7) is 7.04. The molecule has 1 unspecified atom stereocenters. The van der Waals surface area contributed by atoms with Crippen molar-refractivity contribution in [2.75, 3.05) is 13.2 Å². The number of halogens is 1. The molecule has 0 aliphatic heterocycles. The molecule has 1 aromatic heterocycles. The molecule has 0 saturated heterocycles. The molecule has 1 saturated carbocycles. The Kier molecular flexibility index (Phi) is 6.77. The van der Waals surface area contributed by atoms with Gasteiger partial charge in [0.15, 0.2) is 0 Å². The average Bonchev–Trinajstić information content (AvgIpc) is 3.44. The lowest BCUT2D eigenvalue weighted by molar-refractivity contribution is -0.145. The SMILES string of the molecule is CCOC(=O)C(CC(C)C)c1cc(Cl)c(OCC2CC2)c(-c2ccc3nsnc3c2)c1. The molecule has 164 valence electrons. The van der Waals surface area contributed by atoms with Crippen LogP contribution in [0.3, 0.4) is 0 Å². The summed E-state index contributed by atoms with van der Waals surface area (Å²) in [5, 5.41) is 0.516. The fourth-order valence-corrected chi connectivity index (χ4v) is 4.49. The second kappa shape index (κ2) is 9.53. The molecule has 0 radical (unpaired) electrons. The van der Waals surface area contributed by atoms with Crippen LogP contribution in [-0.2, 0) is 9.53 Å². The maximum atomic E-state index is 12.8. The predicted octanol–water partition coefficient (Wildman–Crippen LogP) is 6.49. The lowest BCUT2D eigenvalue weighted by atomic mass is 9.88. The van der Waals surface area contributed by atoms with Gasteiger partial charge in [-0.1, -0.05) is 31.5 Å². The van der Waals surface area contributed by atoms with E-state index in [2.05, 4.69) is 22.6 Å². The molecule has 0 bridgehead atoms.